The van der Waals surface area contributed by atoms with Crippen LogP contribution >= 0.6 is 39.3 Å². The van der Waals surface area contributed by atoms with E-state index in [1.165, 1.54) is 18.0 Å². The molecule has 0 bridgehead atoms. The Labute approximate surface area is 146 Å². The number of nitrogens with zero attached hydrogens (tertiary/aromatic N) is 2. The molecule has 4 nitrogen and oxygen atoms in total. The summed E-state index contributed by atoms with van der Waals surface area (Å²) < 4.78 is 0.846. The van der Waals surface area contributed by atoms with Crippen LogP contribution in [0.3, 0.4) is 0 Å². The summed E-state index contributed by atoms with van der Waals surface area (Å²) in [7, 11) is 0. The third kappa shape index (κ3) is 5.36. The number of phenols is 1. The average Bonchev–Trinajstić information content (AvgIpc) is 2.49. The minimum atomic E-state index is 0.132. The van der Waals surface area contributed by atoms with E-state index in [1.807, 2.05) is 24.3 Å². The summed E-state index contributed by atoms with van der Waals surface area (Å²) in [4.78, 5) is 0. The predicted octanol–water partition coefficient (Wildman–Crippen LogP) is 4.39. The molecule has 0 fully saturated rings. The molecule has 0 unspecified atom stereocenters. The van der Waals surface area contributed by atoms with Gasteiger partial charge in [0.25, 0.3) is 0 Å². The van der Waals surface area contributed by atoms with E-state index < -0.39 is 0 Å². The van der Waals surface area contributed by atoms with Crippen molar-refractivity contribution in [2.45, 2.75) is 5.75 Å². The first-order valence-electron chi connectivity index (χ1n) is 6.27. The fraction of sp³-hybridized carbons (Fsp3) is 0.0667. The van der Waals surface area contributed by atoms with Gasteiger partial charge in [-0.15, -0.1) is 5.10 Å². The Morgan fingerprint density at radius 1 is 1.32 bits per heavy atom. The van der Waals surface area contributed by atoms with Gasteiger partial charge in [-0.05, 0) is 35.9 Å². The quantitative estimate of drug-likeness (QED) is 0.456. The number of phenolic OH excluding ortho intramolecular Hbond substituents is 1. The second kappa shape index (κ2) is 8.22. The van der Waals surface area contributed by atoms with Crippen molar-refractivity contribution in [3.8, 4) is 5.75 Å². The first-order valence-corrected chi connectivity index (χ1v) is 8.42. The molecule has 0 aliphatic heterocycles. The van der Waals surface area contributed by atoms with Crippen LogP contribution in [0.15, 0.2) is 57.1 Å². The van der Waals surface area contributed by atoms with E-state index in [2.05, 4.69) is 26.1 Å². The molecule has 2 rings (SSSR count). The molecule has 0 aliphatic rings. The second-order valence-electron chi connectivity index (χ2n) is 4.30. The first kappa shape index (κ1) is 16.9. The van der Waals surface area contributed by atoms with Gasteiger partial charge in [-0.2, -0.15) is 5.10 Å². The molecular weight excluding hydrogens is 386 g/mol. The fourth-order valence-corrected chi connectivity index (χ4v) is 2.78. The zero-order valence-corrected chi connectivity index (χ0v) is 14.6. The topological polar surface area (TPSA) is 71.0 Å². The molecule has 0 amide bonds. The monoisotopic (exact) mass is 397 g/mol. The summed E-state index contributed by atoms with van der Waals surface area (Å²) in [5.74, 6) is 0.792. The molecule has 0 saturated carbocycles. The average molecular weight is 399 g/mol. The van der Waals surface area contributed by atoms with Crippen LogP contribution in [0.1, 0.15) is 11.1 Å². The van der Waals surface area contributed by atoms with Gasteiger partial charge in [0.15, 0.2) is 5.17 Å². The number of amidine groups is 1. The van der Waals surface area contributed by atoms with Gasteiger partial charge in [0.1, 0.15) is 5.75 Å². The number of hydrogen-bond donors (Lipinski definition) is 2. The minimum Gasteiger partial charge on any atom is -0.507 e. The van der Waals surface area contributed by atoms with Crippen LogP contribution < -0.4 is 5.73 Å². The van der Waals surface area contributed by atoms with Gasteiger partial charge in [0, 0.05) is 20.8 Å². The van der Waals surface area contributed by atoms with Crippen LogP contribution in [0.4, 0.5) is 0 Å². The lowest BCUT2D eigenvalue weighted by Gasteiger charge is -2.01. The lowest BCUT2D eigenvalue weighted by molar-refractivity contribution is 0.474. The van der Waals surface area contributed by atoms with Gasteiger partial charge in [-0.25, -0.2) is 0 Å². The number of rotatable bonds is 4. The molecule has 0 saturated heterocycles. The molecule has 0 spiro atoms. The summed E-state index contributed by atoms with van der Waals surface area (Å²) in [5, 5.41) is 18.5. The minimum absolute atomic E-state index is 0.132. The van der Waals surface area contributed by atoms with Crippen molar-refractivity contribution in [1.29, 1.82) is 0 Å². The predicted molar refractivity (Wildman–Crippen MR) is 97.8 cm³/mol. The zero-order chi connectivity index (χ0) is 15.9. The molecule has 3 N–H and O–H groups in total. The Kier molecular flexibility index (Phi) is 6.30. The van der Waals surface area contributed by atoms with E-state index in [9.17, 15) is 5.11 Å². The maximum Gasteiger partial charge on any atom is 0.180 e. The number of hydrogen-bond acceptors (Lipinski definition) is 4. The van der Waals surface area contributed by atoms with Crippen LogP contribution in [0.25, 0.3) is 0 Å². The summed E-state index contributed by atoms with van der Waals surface area (Å²) >= 11 is 10.6. The molecular formula is C15H13BrClN3OS. The van der Waals surface area contributed by atoms with Gasteiger partial charge in [0.05, 0.1) is 6.21 Å². The van der Waals surface area contributed by atoms with Crippen molar-refractivity contribution in [1.82, 2.24) is 0 Å². The summed E-state index contributed by atoms with van der Waals surface area (Å²) in [5.41, 5.74) is 7.41. The fourth-order valence-electron chi connectivity index (χ4n) is 1.59. The van der Waals surface area contributed by atoms with E-state index in [1.54, 1.807) is 18.2 Å². The van der Waals surface area contributed by atoms with Crippen LogP contribution in [0.2, 0.25) is 5.02 Å². The maximum atomic E-state index is 9.67. The smallest absolute Gasteiger partial charge is 0.180 e. The summed E-state index contributed by atoms with van der Waals surface area (Å²) in [6, 6.07) is 12.6. The van der Waals surface area contributed by atoms with E-state index in [0.717, 1.165) is 10.0 Å². The number of aromatic hydroxyl groups is 1. The normalized spacial score (nSPS) is 12.0. The number of halogens is 2. The third-order valence-corrected chi connectivity index (χ3v) is 4.20. The molecule has 0 atom stereocenters. The van der Waals surface area contributed by atoms with E-state index in [0.29, 0.717) is 21.5 Å². The maximum absolute atomic E-state index is 9.67. The van der Waals surface area contributed by atoms with Crippen LogP contribution in [-0.4, -0.2) is 16.5 Å². The Morgan fingerprint density at radius 2 is 2.14 bits per heavy atom. The van der Waals surface area contributed by atoms with Gasteiger partial charge in [0.2, 0.25) is 0 Å². The third-order valence-electron chi connectivity index (χ3n) is 2.62. The number of nitrogens with two attached hydrogens (primary N) is 1. The molecule has 2 aromatic carbocycles. The Morgan fingerprint density at radius 3 is 2.91 bits per heavy atom. The molecule has 0 heterocycles. The Bertz CT molecular complexity index is 722. The van der Waals surface area contributed by atoms with Crippen molar-refractivity contribution in [3.05, 3.63) is 63.1 Å². The van der Waals surface area contributed by atoms with E-state index in [4.69, 9.17) is 17.3 Å². The summed E-state index contributed by atoms with van der Waals surface area (Å²) in [6.07, 6.45) is 1.45. The van der Waals surface area contributed by atoms with E-state index in [-0.39, 0.29) is 5.75 Å². The standard InChI is InChI=1S/C15H13BrClN3OS/c16-12-4-5-14(21)11(7-12)8-19-20-15(18)22-9-10-2-1-3-13(17)6-10/h1-8,21H,9H2,(H2,18,20)/b19-8+. The molecule has 2 aromatic rings. The van der Waals surface area contributed by atoms with Crippen molar-refractivity contribution in [3.63, 3.8) is 0 Å². The number of thioether (sulfide) groups is 1. The second-order valence-corrected chi connectivity index (χ2v) is 6.65. The van der Waals surface area contributed by atoms with E-state index >= 15 is 0 Å². The molecule has 0 radical (unpaired) electrons. The molecule has 114 valence electrons. The SMILES string of the molecule is N/C(=N\N=C\c1cc(Br)ccc1O)SCc1cccc(Cl)c1. The highest BCUT2D eigenvalue weighted by atomic mass is 79.9. The largest absolute Gasteiger partial charge is 0.507 e. The van der Waals surface area contributed by atoms with Gasteiger partial charge >= 0.3 is 0 Å². The van der Waals surface area contributed by atoms with Crippen LogP contribution in [0, 0.1) is 0 Å². The highest BCUT2D eigenvalue weighted by Crippen LogP contribution is 2.20. The Balaban J connectivity index is 1.95. The molecule has 0 aliphatic carbocycles. The number of benzene rings is 2. The van der Waals surface area contributed by atoms with Crippen LogP contribution in [-0.2, 0) is 5.75 Å². The molecule has 7 heteroatoms. The van der Waals surface area contributed by atoms with Crippen molar-refractivity contribution in [2.75, 3.05) is 0 Å². The van der Waals surface area contributed by atoms with Crippen LogP contribution in [0.5, 0.6) is 5.75 Å². The summed E-state index contributed by atoms with van der Waals surface area (Å²) in [6.45, 7) is 0. The van der Waals surface area contributed by atoms with Gasteiger partial charge < -0.3 is 10.8 Å². The highest BCUT2D eigenvalue weighted by molar-refractivity contribution is 9.10. The van der Waals surface area contributed by atoms with Crippen molar-refractivity contribution >= 4 is 50.7 Å². The Hall–Kier alpha value is -1.50. The van der Waals surface area contributed by atoms with Crippen molar-refractivity contribution in [2.24, 2.45) is 15.9 Å². The first-order chi connectivity index (χ1) is 10.5. The zero-order valence-electron chi connectivity index (χ0n) is 11.4. The highest BCUT2D eigenvalue weighted by Gasteiger charge is 2.00. The van der Waals surface area contributed by atoms with Gasteiger partial charge in [-0.3, -0.25) is 0 Å². The lowest BCUT2D eigenvalue weighted by Crippen LogP contribution is -2.06. The van der Waals surface area contributed by atoms with Crippen molar-refractivity contribution < 1.29 is 5.11 Å². The van der Waals surface area contributed by atoms with Gasteiger partial charge in [-0.1, -0.05) is 51.4 Å². The molecule has 22 heavy (non-hydrogen) atoms. The molecule has 0 aromatic heterocycles. The lowest BCUT2D eigenvalue weighted by atomic mass is 10.2.